The number of carbonyl (C=O) groups excluding carboxylic acids is 1. The van der Waals surface area contributed by atoms with Gasteiger partial charge in [-0.25, -0.2) is 4.98 Å². The Morgan fingerprint density at radius 2 is 2.57 bits per heavy atom. The van der Waals surface area contributed by atoms with E-state index in [2.05, 4.69) is 27.4 Å². The van der Waals surface area contributed by atoms with E-state index in [0.717, 1.165) is 12.2 Å². The summed E-state index contributed by atoms with van der Waals surface area (Å²) in [7, 11) is 0. The lowest BCUT2D eigenvalue weighted by Gasteiger charge is -2.01. The molecule has 0 saturated heterocycles. The minimum atomic E-state index is 0.178. The number of aromatic nitrogens is 3. The van der Waals surface area contributed by atoms with E-state index in [9.17, 15) is 4.79 Å². The summed E-state index contributed by atoms with van der Waals surface area (Å²) < 4.78 is 0. The molecule has 0 spiro atoms. The van der Waals surface area contributed by atoms with Crippen molar-refractivity contribution in [3.8, 4) is 0 Å². The fourth-order valence-corrected chi connectivity index (χ4v) is 1.47. The quantitative estimate of drug-likeness (QED) is 0.715. The molecule has 1 aliphatic carbocycles. The van der Waals surface area contributed by atoms with Gasteiger partial charge in [0, 0.05) is 18.9 Å². The highest BCUT2D eigenvalue weighted by atomic mass is 16.2. The topological polar surface area (TPSA) is 70.7 Å². The average molecular weight is 194 g/mol. The summed E-state index contributed by atoms with van der Waals surface area (Å²) >= 11 is 0. The molecule has 0 radical (unpaired) electrons. The Kier molecular flexibility index (Phi) is 2.47. The molecule has 1 heterocycles. The second kappa shape index (κ2) is 3.77. The highest BCUT2D eigenvalue weighted by Gasteiger charge is 2.38. The van der Waals surface area contributed by atoms with Crippen molar-refractivity contribution in [1.82, 2.24) is 20.5 Å². The molecule has 76 valence electrons. The molecule has 2 rings (SSSR count). The maximum atomic E-state index is 11.4. The molecule has 5 nitrogen and oxygen atoms in total. The molecule has 5 heteroatoms. The fourth-order valence-electron chi connectivity index (χ4n) is 1.47. The van der Waals surface area contributed by atoms with Crippen LogP contribution in [-0.4, -0.2) is 27.6 Å². The lowest BCUT2D eigenvalue weighted by Crippen LogP contribution is -2.27. The molecule has 14 heavy (non-hydrogen) atoms. The third-order valence-electron chi connectivity index (χ3n) is 2.57. The first-order valence-electron chi connectivity index (χ1n) is 4.89. The third kappa shape index (κ3) is 2.10. The van der Waals surface area contributed by atoms with Crippen molar-refractivity contribution < 1.29 is 4.79 Å². The number of amides is 1. The number of aromatic amines is 1. The van der Waals surface area contributed by atoms with Gasteiger partial charge in [0.1, 0.15) is 12.2 Å². The van der Waals surface area contributed by atoms with Crippen molar-refractivity contribution in [2.24, 2.45) is 11.8 Å². The molecule has 2 unspecified atom stereocenters. The molecule has 1 saturated carbocycles. The molecule has 0 bridgehead atoms. The lowest BCUT2D eigenvalue weighted by molar-refractivity contribution is -0.122. The van der Waals surface area contributed by atoms with Crippen molar-refractivity contribution in [1.29, 1.82) is 0 Å². The Labute approximate surface area is 82.3 Å². The fraction of sp³-hybridized carbons (Fsp3) is 0.667. The van der Waals surface area contributed by atoms with Crippen molar-refractivity contribution in [2.45, 2.75) is 19.8 Å². The molecule has 0 aromatic carbocycles. The molecule has 1 aromatic heterocycles. The SMILES string of the molecule is CC1CC1C(=O)NCCc1ncn[nH]1. The minimum Gasteiger partial charge on any atom is -0.355 e. The summed E-state index contributed by atoms with van der Waals surface area (Å²) in [6.45, 7) is 2.73. The predicted octanol–water partition coefficient (Wildman–Crippen LogP) is 0.119. The van der Waals surface area contributed by atoms with Crippen LogP contribution in [-0.2, 0) is 11.2 Å². The van der Waals surface area contributed by atoms with Gasteiger partial charge in [-0.3, -0.25) is 9.89 Å². The number of nitrogens with one attached hydrogen (secondary N) is 2. The van der Waals surface area contributed by atoms with Gasteiger partial charge in [0.15, 0.2) is 0 Å². The van der Waals surface area contributed by atoms with Crippen LogP contribution >= 0.6 is 0 Å². The summed E-state index contributed by atoms with van der Waals surface area (Å²) in [4.78, 5) is 15.4. The average Bonchev–Trinajstić information content (AvgIpc) is 2.68. The number of hydrogen-bond donors (Lipinski definition) is 2. The number of rotatable bonds is 4. The van der Waals surface area contributed by atoms with E-state index in [-0.39, 0.29) is 11.8 Å². The zero-order chi connectivity index (χ0) is 9.97. The van der Waals surface area contributed by atoms with Crippen LogP contribution in [0.15, 0.2) is 6.33 Å². The van der Waals surface area contributed by atoms with Gasteiger partial charge in [-0.2, -0.15) is 5.10 Å². The Hall–Kier alpha value is -1.39. The van der Waals surface area contributed by atoms with Crippen molar-refractivity contribution in [3.05, 3.63) is 12.2 Å². The van der Waals surface area contributed by atoms with Gasteiger partial charge in [-0.15, -0.1) is 0 Å². The van der Waals surface area contributed by atoms with Crippen molar-refractivity contribution >= 4 is 5.91 Å². The highest BCUT2D eigenvalue weighted by molar-refractivity contribution is 5.81. The van der Waals surface area contributed by atoms with E-state index in [1.165, 1.54) is 6.33 Å². The summed E-state index contributed by atoms with van der Waals surface area (Å²) in [6.07, 6.45) is 3.22. The van der Waals surface area contributed by atoms with E-state index in [1.807, 2.05) is 0 Å². The summed E-state index contributed by atoms with van der Waals surface area (Å²) in [5.41, 5.74) is 0. The summed E-state index contributed by atoms with van der Waals surface area (Å²) in [5.74, 6) is 1.82. The Bertz CT molecular complexity index is 309. The second-order valence-electron chi connectivity index (χ2n) is 3.79. The summed E-state index contributed by atoms with van der Waals surface area (Å²) in [5, 5.41) is 9.37. The smallest absolute Gasteiger partial charge is 0.223 e. The first-order chi connectivity index (χ1) is 6.77. The Morgan fingerprint density at radius 1 is 1.79 bits per heavy atom. The van der Waals surface area contributed by atoms with Gasteiger partial charge in [0.05, 0.1) is 0 Å². The second-order valence-corrected chi connectivity index (χ2v) is 3.79. The van der Waals surface area contributed by atoms with Gasteiger partial charge in [-0.1, -0.05) is 6.92 Å². The number of hydrogen-bond acceptors (Lipinski definition) is 3. The number of nitrogens with zero attached hydrogens (tertiary/aromatic N) is 2. The maximum absolute atomic E-state index is 11.4. The van der Waals surface area contributed by atoms with Gasteiger partial charge in [0.2, 0.25) is 5.91 Å². The van der Waals surface area contributed by atoms with Gasteiger partial charge < -0.3 is 5.32 Å². The van der Waals surface area contributed by atoms with E-state index in [0.29, 0.717) is 18.9 Å². The zero-order valence-electron chi connectivity index (χ0n) is 8.16. The molecule has 2 N–H and O–H groups in total. The van der Waals surface area contributed by atoms with Crippen LogP contribution in [0.1, 0.15) is 19.2 Å². The first kappa shape index (κ1) is 9.18. The van der Waals surface area contributed by atoms with E-state index < -0.39 is 0 Å². The maximum Gasteiger partial charge on any atom is 0.223 e. The van der Waals surface area contributed by atoms with E-state index >= 15 is 0 Å². The van der Waals surface area contributed by atoms with Crippen LogP contribution < -0.4 is 5.32 Å². The number of H-pyrrole nitrogens is 1. The summed E-state index contributed by atoms with van der Waals surface area (Å²) in [6, 6.07) is 0. The van der Waals surface area contributed by atoms with Crippen LogP contribution in [0.2, 0.25) is 0 Å². The molecule has 1 amide bonds. The lowest BCUT2D eigenvalue weighted by atomic mass is 10.3. The largest absolute Gasteiger partial charge is 0.355 e. The van der Waals surface area contributed by atoms with Crippen LogP contribution in [0, 0.1) is 11.8 Å². The van der Waals surface area contributed by atoms with Crippen molar-refractivity contribution in [2.75, 3.05) is 6.54 Å². The predicted molar refractivity (Wildman–Crippen MR) is 50.4 cm³/mol. The van der Waals surface area contributed by atoms with Crippen molar-refractivity contribution in [3.63, 3.8) is 0 Å². The van der Waals surface area contributed by atoms with Crippen LogP contribution in [0.3, 0.4) is 0 Å². The molecular weight excluding hydrogens is 180 g/mol. The Morgan fingerprint density at radius 3 is 3.14 bits per heavy atom. The molecule has 1 fully saturated rings. The molecule has 0 aliphatic heterocycles. The zero-order valence-corrected chi connectivity index (χ0v) is 8.16. The van der Waals surface area contributed by atoms with Crippen LogP contribution in [0.5, 0.6) is 0 Å². The van der Waals surface area contributed by atoms with Crippen LogP contribution in [0.4, 0.5) is 0 Å². The first-order valence-corrected chi connectivity index (χ1v) is 4.89. The van der Waals surface area contributed by atoms with Crippen LogP contribution in [0.25, 0.3) is 0 Å². The molecule has 1 aliphatic rings. The highest BCUT2D eigenvalue weighted by Crippen LogP contribution is 2.37. The Balaban J connectivity index is 1.66. The number of carbonyl (C=O) groups is 1. The third-order valence-corrected chi connectivity index (χ3v) is 2.57. The minimum absolute atomic E-state index is 0.178. The normalized spacial score (nSPS) is 24.6. The van der Waals surface area contributed by atoms with Gasteiger partial charge in [0.25, 0.3) is 0 Å². The van der Waals surface area contributed by atoms with E-state index in [1.54, 1.807) is 0 Å². The molecule has 1 aromatic rings. The van der Waals surface area contributed by atoms with E-state index in [4.69, 9.17) is 0 Å². The standard InChI is InChI=1S/C9H14N4O/c1-6-4-7(6)9(14)10-3-2-8-11-5-12-13-8/h5-7H,2-4H2,1H3,(H,10,14)(H,11,12,13). The molecule has 2 atom stereocenters. The molecular formula is C9H14N4O. The monoisotopic (exact) mass is 194 g/mol. The van der Waals surface area contributed by atoms with Gasteiger partial charge in [-0.05, 0) is 12.3 Å². The van der Waals surface area contributed by atoms with Gasteiger partial charge >= 0.3 is 0 Å².